The van der Waals surface area contributed by atoms with Crippen molar-refractivity contribution in [3.8, 4) is 11.5 Å². The Morgan fingerprint density at radius 2 is 2.13 bits per heavy atom. The second-order valence-corrected chi connectivity index (χ2v) is 8.24. The van der Waals surface area contributed by atoms with Crippen LogP contribution < -0.4 is 15.2 Å². The Morgan fingerprint density at radius 3 is 2.80 bits per heavy atom. The van der Waals surface area contributed by atoms with E-state index < -0.39 is 56.7 Å². The van der Waals surface area contributed by atoms with Gasteiger partial charge in [-0.25, -0.2) is 0 Å². The van der Waals surface area contributed by atoms with Crippen molar-refractivity contribution in [3.05, 3.63) is 23.3 Å². The fourth-order valence-electron chi connectivity index (χ4n) is 4.38. The molecule has 0 aliphatic carbocycles. The fraction of sp³-hybridized carbons (Fsp3) is 0.708. The monoisotopic (exact) mass is 430 g/mol. The van der Waals surface area contributed by atoms with Crippen LogP contribution in [0.3, 0.4) is 0 Å². The van der Waals surface area contributed by atoms with Crippen molar-refractivity contribution >= 4 is 5.97 Å². The average Bonchev–Trinajstić information content (AvgIpc) is 2.80. The number of ether oxygens (including phenoxy) is 3. The summed E-state index contributed by atoms with van der Waals surface area (Å²) in [6, 6.07) is -0.951. The number of piperidine rings is 1. The van der Waals surface area contributed by atoms with E-state index in [1.165, 1.54) is 7.11 Å². The number of hydrogen-bond acceptors (Lipinski definition) is 6. The summed E-state index contributed by atoms with van der Waals surface area (Å²) in [6.07, 6.45) is -1.30. The topological polar surface area (TPSA) is 74.0 Å². The number of nitrogens with two attached hydrogens (primary N) is 1. The molecule has 0 bridgehead atoms. The summed E-state index contributed by atoms with van der Waals surface area (Å²) in [7, 11) is -1.37. The summed E-state index contributed by atoms with van der Waals surface area (Å²) in [5.41, 5.74) is 7.17. The van der Waals surface area contributed by atoms with E-state index in [-0.39, 0.29) is 30.4 Å². The highest BCUT2D eigenvalue weighted by atomic mass is 16.5. The molecular formula is C24H38N2O4. The number of benzene rings is 1. The summed E-state index contributed by atoms with van der Waals surface area (Å²) in [4.78, 5) is 15.5. The van der Waals surface area contributed by atoms with Crippen LogP contribution >= 0.6 is 0 Å². The Balaban J connectivity index is 2.05. The predicted octanol–water partition coefficient (Wildman–Crippen LogP) is 3.56. The van der Waals surface area contributed by atoms with Crippen LogP contribution in [0, 0.1) is 17.7 Å². The Kier molecular flexibility index (Phi) is 3.74. The van der Waals surface area contributed by atoms with Gasteiger partial charge in [-0.2, -0.15) is 0 Å². The molecule has 168 valence electrons. The van der Waals surface area contributed by atoms with Gasteiger partial charge in [0.25, 0.3) is 0 Å². The zero-order chi connectivity index (χ0) is 32.3. The molecule has 3 rings (SSSR count). The molecule has 0 amide bonds. The molecule has 4 atom stereocenters. The average molecular weight is 431 g/mol. The highest BCUT2D eigenvalue weighted by Gasteiger charge is 2.41. The molecule has 0 radical (unpaired) electrons. The third-order valence-electron chi connectivity index (χ3n) is 5.78. The van der Waals surface area contributed by atoms with Crippen LogP contribution in [0.15, 0.2) is 12.1 Å². The van der Waals surface area contributed by atoms with Gasteiger partial charge in [-0.1, -0.05) is 27.6 Å². The van der Waals surface area contributed by atoms with Gasteiger partial charge in [-0.3, -0.25) is 9.69 Å². The van der Waals surface area contributed by atoms with Crippen LogP contribution in [0.5, 0.6) is 11.5 Å². The third kappa shape index (κ3) is 4.75. The van der Waals surface area contributed by atoms with Gasteiger partial charge in [-0.15, -0.1) is 0 Å². The summed E-state index contributed by atoms with van der Waals surface area (Å²) in [5.74, 6) is -5.97. The molecule has 2 N–H and O–H groups in total. The highest BCUT2D eigenvalue weighted by Crippen LogP contribution is 2.44. The first-order valence-electron chi connectivity index (χ1n) is 16.0. The molecule has 6 nitrogen and oxygen atoms in total. The molecular weight excluding hydrogens is 380 g/mol. The first-order valence-corrected chi connectivity index (χ1v) is 10.0. The maximum Gasteiger partial charge on any atom is 0.323 e. The minimum absolute atomic E-state index is 0.0185. The van der Waals surface area contributed by atoms with E-state index >= 15 is 0 Å². The van der Waals surface area contributed by atoms with E-state index in [0.717, 1.165) is 5.56 Å². The second-order valence-electron chi connectivity index (χ2n) is 8.24. The van der Waals surface area contributed by atoms with Crippen molar-refractivity contribution in [1.29, 1.82) is 0 Å². The van der Waals surface area contributed by atoms with Crippen LogP contribution in [0.1, 0.15) is 74.0 Å². The fourth-order valence-corrected chi connectivity index (χ4v) is 4.38. The maximum absolute atomic E-state index is 13.4. The smallest absolute Gasteiger partial charge is 0.323 e. The lowest BCUT2D eigenvalue weighted by Gasteiger charge is -2.47. The summed E-state index contributed by atoms with van der Waals surface area (Å²) in [5, 5.41) is 0. The molecule has 0 aromatic heterocycles. The van der Waals surface area contributed by atoms with E-state index in [0.29, 0.717) is 24.9 Å². The lowest BCUT2D eigenvalue weighted by Crippen LogP contribution is -2.51. The van der Waals surface area contributed by atoms with Crippen LogP contribution in [0.2, 0.25) is 0 Å². The molecule has 1 saturated heterocycles. The Bertz CT molecular complexity index is 1150. The standard InChI is InChI=1S/C24H38N2O4/c1-14(2)9-17-13-26-8-7-16-10-21(28-5)22(29-6)11-18(16)19(26)12-20(17)30-24(27)23(25)15(3)4/h10-11,14-15,17,19-20,23H,7-9,12-13,25H2,1-6H3/t17?,19?,20?,23-/m0/s1/i3D3,4D3,5D3,15D,20D,23D. The van der Waals surface area contributed by atoms with Gasteiger partial charge in [0.1, 0.15) is 12.1 Å². The zero-order valence-electron chi connectivity index (χ0n) is 29.6. The molecule has 1 aromatic carbocycles. The number of methoxy groups -OCH3 is 2. The largest absolute Gasteiger partial charge is 0.493 e. The maximum atomic E-state index is 13.4. The Labute approximate surface area is 197 Å². The van der Waals surface area contributed by atoms with Crippen LogP contribution in [-0.4, -0.2) is 50.2 Å². The molecule has 2 aliphatic rings. The minimum Gasteiger partial charge on any atom is -0.493 e. The van der Waals surface area contributed by atoms with Gasteiger partial charge < -0.3 is 19.9 Å². The predicted molar refractivity (Wildman–Crippen MR) is 118 cm³/mol. The SMILES string of the molecule is [2H]C([2H])([2H])Oc1cc2c(cc1OC)C1CC([2H])(OC(=O)[C@@]([2H])(N)C([2H])(C([2H])([2H])[2H])C([2H])([2H])[2H])C(CC(C)C)CN1CC2. The Morgan fingerprint density at radius 1 is 1.37 bits per heavy atom. The second kappa shape index (κ2) is 9.56. The first kappa shape index (κ1) is 11.7. The van der Waals surface area contributed by atoms with Gasteiger partial charge >= 0.3 is 5.97 Å². The molecule has 1 aromatic rings. The minimum atomic E-state index is -3.75. The summed E-state index contributed by atoms with van der Waals surface area (Å²) < 4.78 is 110. The number of hydrogen-bond donors (Lipinski definition) is 1. The van der Waals surface area contributed by atoms with Gasteiger partial charge in [0.15, 0.2) is 11.5 Å². The van der Waals surface area contributed by atoms with E-state index in [9.17, 15) is 6.17 Å². The van der Waals surface area contributed by atoms with E-state index in [2.05, 4.69) is 4.90 Å². The molecule has 30 heavy (non-hydrogen) atoms. The number of esters is 1. The van der Waals surface area contributed by atoms with Crippen molar-refractivity contribution in [1.82, 2.24) is 4.90 Å². The quantitative estimate of drug-likeness (QED) is 0.667. The normalized spacial score (nSPS) is 35.9. The molecule has 2 aliphatic heterocycles. The van der Waals surface area contributed by atoms with E-state index in [1.54, 1.807) is 12.1 Å². The van der Waals surface area contributed by atoms with Gasteiger partial charge in [-0.05, 0) is 47.9 Å². The summed E-state index contributed by atoms with van der Waals surface area (Å²) in [6.45, 7) is -2.72. The van der Waals surface area contributed by atoms with Crippen molar-refractivity contribution in [2.45, 2.75) is 65.0 Å². The van der Waals surface area contributed by atoms with Crippen molar-refractivity contribution < 1.29 is 35.5 Å². The van der Waals surface area contributed by atoms with Crippen LogP contribution in [0.4, 0.5) is 0 Å². The number of fused-ring (bicyclic) bond motifs is 3. The molecule has 3 unspecified atom stereocenters. The van der Waals surface area contributed by atoms with Crippen LogP contribution in [0.25, 0.3) is 0 Å². The zero-order valence-corrected chi connectivity index (χ0v) is 17.6. The molecule has 1 fully saturated rings. The highest BCUT2D eigenvalue weighted by molar-refractivity contribution is 5.76. The summed E-state index contributed by atoms with van der Waals surface area (Å²) >= 11 is 0. The lowest BCUT2D eigenvalue weighted by atomic mass is 9.79. The van der Waals surface area contributed by atoms with Gasteiger partial charge in [0, 0.05) is 41.1 Å². The first-order chi connectivity index (χ1) is 18.9. The lowest BCUT2D eigenvalue weighted by molar-refractivity contribution is -0.160. The number of carbonyl (C=O) groups is 1. The van der Waals surface area contributed by atoms with Crippen molar-refractivity contribution in [2.24, 2.45) is 23.5 Å². The van der Waals surface area contributed by atoms with Gasteiger partial charge in [0.2, 0.25) is 0 Å². The van der Waals surface area contributed by atoms with E-state index in [1.807, 2.05) is 13.8 Å². The van der Waals surface area contributed by atoms with Crippen molar-refractivity contribution in [2.75, 3.05) is 27.2 Å². The number of nitrogens with zero attached hydrogens (tertiary/aromatic N) is 1. The molecule has 0 spiro atoms. The van der Waals surface area contributed by atoms with Crippen molar-refractivity contribution in [3.63, 3.8) is 0 Å². The number of rotatable bonds is 7. The molecule has 0 saturated carbocycles. The third-order valence-corrected chi connectivity index (χ3v) is 5.78. The van der Waals surface area contributed by atoms with Gasteiger partial charge in [0.05, 0.1) is 21.0 Å². The Hall–Kier alpha value is -1.79. The van der Waals surface area contributed by atoms with Crippen LogP contribution in [-0.2, 0) is 16.0 Å². The molecule has 2 heterocycles. The molecule has 6 heteroatoms. The van der Waals surface area contributed by atoms with E-state index in [4.69, 9.17) is 35.0 Å². The number of carbonyl (C=O) groups excluding carboxylic acids is 1.